The topological polar surface area (TPSA) is 35.2 Å². The highest BCUT2D eigenvalue weighted by Crippen LogP contribution is 2.22. The van der Waals surface area contributed by atoms with Crippen molar-refractivity contribution in [2.75, 3.05) is 13.2 Å². The molecule has 0 radical (unpaired) electrons. The second-order valence-corrected chi connectivity index (χ2v) is 4.08. The van der Waals surface area contributed by atoms with Gasteiger partial charge in [0.1, 0.15) is 11.6 Å². The van der Waals surface area contributed by atoms with E-state index < -0.39 is 17.2 Å². The zero-order chi connectivity index (χ0) is 10.9. The molecule has 1 aliphatic rings. The van der Waals surface area contributed by atoms with Gasteiger partial charge in [0, 0.05) is 18.2 Å². The van der Waals surface area contributed by atoms with E-state index in [-0.39, 0.29) is 0 Å². The average molecular weight is 213 g/mol. The van der Waals surface area contributed by atoms with Crippen molar-refractivity contribution in [3.05, 3.63) is 35.4 Å². The Bertz CT molecular complexity index is 362. The first kappa shape index (κ1) is 10.5. The van der Waals surface area contributed by atoms with Crippen LogP contribution in [-0.4, -0.2) is 18.8 Å². The number of nitrogens with two attached hydrogens (primary N) is 1. The molecule has 1 heterocycles. The van der Waals surface area contributed by atoms with Crippen molar-refractivity contribution in [3.63, 3.8) is 0 Å². The van der Waals surface area contributed by atoms with Crippen molar-refractivity contribution in [1.82, 2.24) is 0 Å². The molecule has 15 heavy (non-hydrogen) atoms. The van der Waals surface area contributed by atoms with E-state index >= 15 is 0 Å². The molecular weight excluding hydrogens is 200 g/mol. The maximum absolute atomic E-state index is 13.3. The van der Waals surface area contributed by atoms with Crippen molar-refractivity contribution >= 4 is 0 Å². The first-order valence-electron chi connectivity index (χ1n) is 4.90. The van der Waals surface area contributed by atoms with Gasteiger partial charge in [-0.25, -0.2) is 8.78 Å². The number of hydrogen-bond acceptors (Lipinski definition) is 2. The minimum absolute atomic E-state index is 0.388. The van der Waals surface area contributed by atoms with E-state index in [2.05, 4.69) is 0 Å². The summed E-state index contributed by atoms with van der Waals surface area (Å²) in [4.78, 5) is 0. The molecule has 0 aromatic heterocycles. The Kier molecular flexibility index (Phi) is 2.71. The molecule has 0 amide bonds. The van der Waals surface area contributed by atoms with Gasteiger partial charge in [-0.2, -0.15) is 0 Å². The molecule has 0 saturated carbocycles. The molecule has 0 aliphatic carbocycles. The minimum atomic E-state index is -0.565. The number of benzene rings is 1. The first-order valence-corrected chi connectivity index (χ1v) is 4.90. The molecule has 82 valence electrons. The fraction of sp³-hybridized carbons (Fsp3) is 0.455. The molecular formula is C11H13F2NO. The minimum Gasteiger partial charge on any atom is -0.379 e. The quantitative estimate of drug-likeness (QED) is 0.810. The molecule has 1 saturated heterocycles. The lowest BCUT2D eigenvalue weighted by Crippen LogP contribution is -2.42. The summed E-state index contributed by atoms with van der Waals surface area (Å²) in [5.74, 6) is -1.10. The molecule has 2 N–H and O–H groups in total. The molecule has 1 aromatic carbocycles. The van der Waals surface area contributed by atoms with Crippen LogP contribution >= 0.6 is 0 Å². The highest BCUT2D eigenvalue weighted by molar-refractivity contribution is 5.21. The highest BCUT2D eigenvalue weighted by atomic mass is 19.1. The summed E-state index contributed by atoms with van der Waals surface area (Å²) >= 11 is 0. The van der Waals surface area contributed by atoms with Gasteiger partial charge in [-0.15, -0.1) is 0 Å². The van der Waals surface area contributed by atoms with E-state index in [9.17, 15) is 8.78 Å². The monoisotopic (exact) mass is 213 g/mol. The maximum Gasteiger partial charge on any atom is 0.129 e. The summed E-state index contributed by atoms with van der Waals surface area (Å²) < 4.78 is 31.2. The zero-order valence-corrected chi connectivity index (χ0v) is 8.30. The fourth-order valence-electron chi connectivity index (χ4n) is 1.81. The molecule has 2 nitrogen and oxygen atoms in total. The molecule has 1 atom stereocenters. The van der Waals surface area contributed by atoms with Gasteiger partial charge in [-0.1, -0.05) is 6.07 Å². The van der Waals surface area contributed by atoms with Gasteiger partial charge in [0.15, 0.2) is 0 Å². The lowest BCUT2D eigenvalue weighted by atomic mass is 9.91. The van der Waals surface area contributed by atoms with Crippen LogP contribution in [0.2, 0.25) is 0 Å². The van der Waals surface area contributed by atoms with Crippen LogP contribution in [0, 0.1) is 11.6 Å². The Morgan fingerprint density at radius 2 is 2.20 bits per heavy atom. The summed E-state index contributed by atoms with van der Waals surface area (Å²) in [5, 5.41) is 0. The molecule has 1 unspecified atom stereocenters. The van der Waals surface area contributed by atoms with Crippen LogP contribution in [-0.2, 0) is 11.2 Å². The largest absolute Gasteiger partial charge is 0.379 e. The second kappa shape index (κ2) is 3.87. The van der Waals surface area contributed by atoms with E-state index in [1.807, 2.05) is 0 Å². The predicted molar refractivity (Wildman–Crippen MR) is 52.4 cm³/mol. The third-order valence-corrected chi connectivity index (χ3v) is 2.69. The Morgan fingerprint density at radius 3 is 2.80 bits per heavy atom. The van der Waals surface area contributed by atoms with Crippen LogP contribution in [0.3, 0.4) is 0 Å². The molecule has 2 rings (SSSR count). The third kappa shape index (κ3) is 2.33. The molecule has 1 aromatic rings. The van der Waals surface area contributed by atoms with Gasteiger partial charge < -0.3 is 10.5 Å². The van der Waals surface area contributed by atoms with Crippen LogP contribution in [0.15, 0.2) is 18.2 Å². The Balaban J connectivity index is 2.16. The van der Waals surface area contributed by atoms with Crippen LogP contribution in [0.1, 0.15) is 12.0 Å². The van der Waals surface area contributed by atoms with Gasteiger partial charge in [-0.05, 0) is 24.5 Å². The van der Waals surface area contributed by atoms with Gasteiger partial charge in [0.05, 0.1) is 6.61 Å². The lowest BCUT2D eigenvalue weighted by molar-refractivity contribution is 0.178. The number of hydrogen-bond donors (Lipinski definition) is 1. The van der Waals surface area contributed by atoms with Gasteiger partial charge in [0.2, 0.25) is 0 Å². The zero-order valence-electron chi connectivity index (χ0n) is 8.30. The van der Waals surface area contributed by atoms with Crippen LogP contribution in [0.5, 0.6) is 0 Å². The normalized spacial score (nSPS) is 25.8. The van der Waals surface area contributed by atoms with Crippen molar-refractivity contribution in [2.45, 2.75) is 18.4 Å². The van der Waals surface area contributed by atoms with E-state index in [0.717, 1.165) is 6.07 Å². The number of ether oxygens (including phenoxy) is 1. The van der Waals surface area contributed by atoms with Crippen molar-refractivity contribution in [3.8, 4) is 0 Å². The van der Waals surface area contributed by atoms with E-state index in [4.69, 9.17) is 10.5 Å². The summed E-state index contributed by atoms with van der Waals surface area (Å²) in [5.41, 5.74) is 5.96. The van der Waals surface area contributed by atoms with Gasteiger partial charge in [-0.3, -0.25) is 0 Å². The molecule has 1 fully saturated rings. The first-order chi connectivity index (χ1) is 7.09. The summed E-state index contributed by atoms with van der Waals surface area (Å²) in [6, 6.07) is 3.57. The Morgan fingerprint density at radius 1 is 1.40 bits per heavy atom. The summed E-state index contributed by atoms with van der Waals surface area (Å²) in [7, 11) is 0. The van der Waals surface area contributed by atoms with Crippen LogP contribution < -0.4 is 5.73 Å². The van der Waals surface area contributed by atoms with Crippen LogP contribution in [0.4, 0.5) is 8.78 Å². The van der Waals surface area contributed by atoms with Gasteiger partial charge >= 0.3 is 0 Å². The molecule has 0 spiro atoms. The molecule has 1 aliphatic heterocycles. The maximum atomic E-state index is 13.3. The second-order valence-electron chi connectivity index (χ2n) is 4.08. The predicted octanol–water partition coefficient (Wildman–Crippen LogP) is 1.63. The third-order valence-electron chi connectivity index (χ3n) is 2.69. The van der Waals surface area contributed by atoms with E-state index in [1.165, 1.54) is 12.1 Å². The lowest BCUT2D eigenvalue weighted by Gasteiger charge is -2.21. The average Bonchev–Trinajstić information content (AvgIpc) is 2.58. The summed E-state index contributed by atoms with van der Waals surface area (Å²) in [6.07, 6.45) is 1.10. The number of rotatable bonds is 2. The van der Waals surface area contributed by atoms with Crippen molar-refractivity contribution < 1.29 is 13.5 Å². The van der Waals surface area contributed by atoms with Gasteiger partial charge in [0.25, 0.3) is 0 Å². The highest BCUT2D eigenvalue weighted by Gasteiger charge is 2.31. The number of halogens is 2. The van der Waals surface area contributed by atoms with Crippen molar-refractivity contribution in [1.29, 1.82) is 0 Å². The van der Waals surface area contributed by atoms with Crippen LogP contribution in [0.25, 0.3) is 0 Å². The molecule has 0 bridgehead atoms. The molecule has 4 heteroatoms. The SMILES string of the molecule is NC1(Cc2ccc(F)cc2F)CCOC1. The standard InChI is InChI=1S/C11H13F2NO/c12-9-2-1-8(10(13)5-9)6-11(14)3-4-15-7-11/h1-2,5H,3-4,6-7,14H2. The fourth-order valence-corrected chi connectivity index (χ4v) is 1.81. The van der Waals surface area contributed by atoms with E-state index in [0.29, 0.717) is 31.6 Å². The summed E-state index contributed by atoms with van der Waals surface area (Å²) in [6.45, 7) is 1.04. The Labute approximate surface area is 87.0 Å². The van der Waals surface area contributed by atoms with Crippen molar-refractivity contribution in [2.24, 2.45) is 5.73 Å². The smallest absolute Gasteiger partial charge is 0.129 e. The van der Waals surface area contributed by atoms with E-state index in [1.54, 1.807) is 0 Å². The Hall–Kier alpha value is -1.00.